The number of anilines is 1. The Morgan fingerprint density at radius 1 is 1.55 bits per heavy atom. The molecule has 0 atom stereocenters. The lowest BCUT2D eigenvalue weighted by Crippen LogP contribution is -2.37. The summed E-state index contributed by atoms with van der Waals surface area (Å²) in [5.41, 5.74) is 2.46. The molecule has 2 heterocycles. The first-order chi connectivity index (χ1) is 5.38. The molecule has 2 nitrogen and oxygen atoms in total. The zero-order chi connectivity index (χ0) is 7.68. The summed E-state index contributed by atoms with van der Waals surface area (Å²) in [7, 11) is 0. The third-order valence-electron chi connectivity index (χ3n) is 2.12. The van der Waals surface area contributed by atoms with Crippen LogP contribution in [0.25, 0.3) is 0 Å². The molecule has 0 aromatic carbocycles. The average molecular weight is 147 g/mol. The molecule has 57 valence electrons. The van der Waals surface area contributed by atoms with Gasteiger partial charge in [0.05, 0.1) is 5.69 Å². The standard InChI is InChI=1S/C9H11N2/c1-8-3-4-10-7-9(8)11-5-2-6-11/h3-4H,2,5-6H2,1H3. The Bertz CT molecular complexity index is 253. The van der Waals surface area contributed by atoms with Gasteiger partial charge in [0, 0.05) is 19.3 Å². The Labute approximate surface area is 66.9 Å². The molecule has 1 aliphatic heterocycles. The molecular weight excluding hydrogens is 136 g/mol. The molecule has 0 amide bonds. The maximum atomic E-state index is 3.98. The van der Waals surface area contributed by atoms with Crippen molar-refractivity contribution in [1.82, 2.24) is 4.98 Å². The highest BCUT2D eigenvalue weighted by Gasteiger charge is 2.15. The second-order valence-corrected chi connectivity index (χ2v) is 2.93. The second-order valence-electron chi connectivity index (χ2n) is 2.93. The van der Waals surface area contributed by atoms with Crippen molar-refractivity contribution in [2.75, 3.05) is 18.0 Å². The van der Waals surface area contributed by atoms with Gasteiger partial charge in [-0.2, -0.15) is 0 Å². The molecule has 1 aromatic heterocycles. The van der Waals surface area contributed by atoms with Gasteiger partial charge in [0.25, 0.3) is 0 Å². The Morgan fingerprint density at radius 3 is 2.91 bits per heavy atom. The molecule has 0 unspecified atom stereocenters. The Kier molecular flexibility index (Phi) is 1.53. The average Bonchev–Trinajstić information content (AvgIpc) is 1.90. The smallest absolute Gasteiger partial charge is 0.114 e. The normalized spacial score (nSPS) is 16.3. The van der Waals surface area contributed by atoms with E-state index in [0.29, 0.717) is 0 Å². The van der Waals surface area contributed by atoms with Crippen LogP contribution in [-0.2, 0) is 0 Å². The minimum atomic E-state index is 1.17. The molecule has 1 aliphatic rings. The summed E-state index contributed by atoms with van der Waals surface area (Å²) in [4.78, 5) is 6.29. The van der Waals surface area contributed by atoms with Gasteiger partial charge in [-0.3, -0.25) is 4.98 Å². The largest absolute Gasteiger partial charge is 0.369 e. The van der Waals surface area contributed by atoms with Gasteiger partial charge in [0.2, 0.25) is 0 Å². The fourth-order valence-electron chi connectivity index (χ4n) is 1.27. The highest BCUT2D eigenvalue weighted by molar-refractivity contribution is 5.51. The molecule has 2 rings (SSSR count). The lowest BCUT2D eigenvalue weighted by atomic mass is 10.1. The zero-order valence-corrected chi connectivity index (χ0v) is 6.67. The number of aromatic nitrogens is 1. The van der Waals surface area contributed by atoms with Crippen LogP contribution >= 0.6 is 0 Å². The van der Waals surface area contributed by atoms with Crippen molar-refractivity contribution < 1.29 is 0 Å². The van der Waals surface area contributed by atoms with E-state index in [1.165, 1.54) is 30.8 Å². The lowest BCUT2D eigenvalue weighted by Gasteiger charge is -2.33. The van der Waals surface area contributed by atoms with E-state index in [4.69, 9.17) is 0 Å². The van der Waals surface area contributed by atoms with Crippen LogP contribution in [0.3, 0.4) is 0 Å². The minimum absolute atomic E-state index is 1.17. The second kappa shape index (κ2) is 2.53. The van der Waals surface area contributed by atoms with Crippen LogP contribution < -0.4 is 4.90 Å². The summed E-state index contributed by atoms with van der Waals surface area (Å²) in [6.07, 6.45) is 6.11. The summed E-state index contributed by atoms with van der Waals surface area (Å²) in [6.45, 7) is 4.44. The zero-order valence-electron chi connectivity index (χ0n) is 6.67. The predicted molar refractivity (Wildman–Crippen MR) is 44.6 cm³/mol. The van der Waals surface area contributed by atoms with Crippen molar-refractivity contribution in [2.24, 2.45) is 0 Å². The summed E-state index contributed by atoms with van der Waals surface area (Å²) in [5, 5.41) is 0. The van der Waals surface area contributed by atoms with Crippen LogP contribution in [0.4, 0.5) is 5.69 Å². The van der Waals surface area contributed by atoms with E-state index in [-0.39, 0.29) is 0 Å². The van der Waals surface area contributed by atoms with E-state index in [2.05, 4.69) is 23.0 Å². The number of hydrogen-bond donors (Lipinski definition) is 0. The van der Waals surface area contributed by atoms with Crippen molar-refractivity contribution >= 4 is 5.69 Å². The summed E-state index contributed by atoms with van der Waals surface area (Å²) < 4.78 is 0. The van der Waals surface area contributed by atoms with Crippen LogP contribution in [0.5, 0.6) is 0 Å². The van der Waals surface area contributed by atoms with E-state index >= 15 is 0 Å². The molecule has 11 heavy (non-hydrogen) atoms. The van der Waals surface area contributed by atoms with Crippen molar-refractivity contribution in [2.45, 2.75) is 13.3 Å². The van der Waals surface area contributed by atoms with Gasteiger partial charge in [0.1, 0.15) is 6.20 Å². The maximum absolute atomic E-state index is 3.98. The summed E-state index contributed by atoms with van der Waals surface area (Å²) in [5.74, 6) is 0. The van der Waals surface area contributed by atoms with E-state index in [9.17, 15) is 0 Å². The van der Waals surface area contributed by atoms with Crippen LogP contribution in [0.1, 0.15) is 12.0 Å². The monoisotopic (exact) mass is 147 g/mol. The van der Waals surface area contributed by atoms with E-state index < -0.39 is 0 Å². The fourth-order valence-corrected chi connectivity index (χ4v) is 1.27. The van der Waals surface area contributed by atoms with Gasteiger partial charge in [-0.15, -0.1) is 0 Å². The number of hydrogen-bond acceptors (Lipinski definition) is 2. The molecule has 0 saturated carbocycles. The highest BCUT2D eigenvalue weighted by atomic mass is 15.2. The van der Waals surface area contributed by atoms with Crippen LogP contribution in [-0.4, -0.2) is 18.1 Å². The van der Waals surface area contributed by atoms with Crippen molar-refractivity contribution in [1.29, 1.82) is 0 Å². The molecule has 1 saturated heterocycles. The third-order valence-corrected chi connectivity index (χ3v) is 2.12. The number of pyridine rings is 1. The van der Waals surface area contributed by atoms with Gasteiger partial charge in [-0.25, -0.2) is 0 Å². The molecule has 1 aromatic rings. The van der Waals surface area contributed by atoms with Gasteiger partial charge in [0.15, 0.2) is 0 Å². The van der Waals surface area contributed by atoms with Gasteiger partial charge < -0.3 is 4.90 Å². The number of rotatable bonds is 1. The van der Waals surface area contributed by atoms with Crippen LogP contribution in [0.15, 0.2) is 12.3 Å². The SMILES string of the molecule is Cc1ccn[c]c1N1CCC1. The third kappa shape index (κ3) is 1.09. The van der Waals surface area contributed by atoms with E-state index in [1.807, 2.05) is 6.07 Å². The Hall–Kier alpha value is -1.05. The molecule has 0 N–H and O–H groups in total. The Balaban J connectivity index is 2.28. The molecule has 0 bridgehead atoms. The van der Waals surface area contributed by atoms with Gasteiger partial charge >= 0.3 is 0 Å². The maximum Gasteiger partial charge on any atom is 0.114 e. The minimum Gasteiger partial charge on any atom is -0.369 e. The van der Waals surface area contributed by atoms with E-state index in [0.717, 1.165) is 0 Å². The van der Waals surface area contributed by atoms with Gasteiger partial charge in [-0.1, -0.05) is 0 Å². The fraction of sp³-hybridized carbons (Fsp3) is 0.444. The number of nitrogens with zero attached hydrogens (tertiary/aromatic N) is 2. The number of aryl methyl sites for hydroxylation is 1. The molecule has 1 fully saturated rings. The molecular formula is C9H11N2. The molecule has 1 radical (unpaired) electrons. The van der Waals surface area contributed by atoms with Gasteiger partial charge in [-0.05, 0) is 25.0 Å². The van der Waals surface area contributed by atoms with Crippen LogP contribution in [0, 0.1) is 13.1 Å². The highest BCUT2D eigenvalue weighted by Crippen LogP contribution is 2.21. The Morgan fingerprint density at radius 2 is 2.36 bits per heavy atom. The molecule has 0 spiro atoms. The summed E-state index contributed by atoms with van der Waals surface area (Å²) >= 11 is 0. The van der Waals surface area contributed by atoms with Crippen LogP contribution in [0.2, 0.25) is 0 Å². The van der Waals surface area contributed by atoms with E-state index in [1.54, 1.807) is 6.20 Å². The molecule has 2 heteroatoms. The van der Waals surface area contributed by atoms with Crippen molar-refractivity contribution in [3.8, 4) is 0 Å². The summed E-state index contributed by atoms with van der Waals surface area (Å²) in [6, 6.07) is 2.03. The predicted octanol–water partition coefficient (Wildman–Crippen LogP) is 1.40. The topological polar surface area (TPSA) is 16.1 Å². The molecule has 0 aliphatic carbocycles. The lowest BCUT2D eigenvalue weighted by molar-refractivity contribution is 0.614. The first kappa shape index (κ1) is 6.65. The quantitative estimate of drug-likeness (QED) is 0.597. The first-order valence-electron chi connectivity index (χ1n) is 3.96. The van der Waals surface area contributed by atoms with Crippen molar-refractivity contribution in [3.63, 3.8) is 0 Å². The van der Waals surface area contributed by atoms with Crippen molar-refractivity contribution in [3.05, 3.63) is 24.0 Å². The first-order valence-corrected chi connectivity index (χ1v) is 3.96.